The molecule has 5 heteroatoms. The van der Waals surface area contributed by atoms with E-state index in [1.54, 1.807) is 57.7 Å². The van der Waals surface area contributed by atoms with E-state index in [-0.39, 0.29) is 0 Å². The van der Waals surface area contributed by atoms with E-state index in [9.17, 15) is 5.11 Å². The molecule has 21 heavy (non-hydrogen) atoms. The van der Waals surface area contributed by atoms with Gasteiger partial charge >= 0.3 is 0 Å². The van der Waals surface area contributed by atoms with Crippen LogP contribution in [0.3, 0.4) is 0 Å². The van der Waals surface area contributed by atoms with Gasteiger partial charge in [-0.1, -0.05) is 17.7 Å². The minimum atomic E-state index is -0.853. The van der Waals surface area contributed by atoms with Crippen LogP contribution in [0.25, 0.3) is 0 Å². The summed E-state index contributed by atoms with van der Waals surface area (Å²) < 4.78 is 15.6. The first kappa shape index (κ1) is 15.5. The summed E-state index contributed by atoms with van der Waals surface area (Å²) in [6.07, 6.45) is -0.853. The topological polar surface area (TPSA) is 47.9 Å². The maximum absolute atomic E-state index is 10.5. The standard InChI is InChI=1S/C16H17ClO4/c1-19-11-5-6-12(15(9-11)21-3)16(18)10-4-7-14(20-2)13(17)8-10/h4-9,16,18H,1-3H3. The first-order chi connectivity index (χ1) is 10.1. The fourth-order valence-electron chi connectivity index (χ4n) is 2.08. The Hall–Kier alpha value is -1.91. The van der Waals surface area contributed by atoms with Gasteiger partial charge in [-0.05, 0) is 29.8 Å². The van der Waals surface area contributed by atoms with Gasteiger partial charge in [0.05, 0.1) is 26.4 Å². The Morgan fingerprint density at radius 3 is 2.19 bits per heavy atom. The molecule has 0 aliphatic heterocycles. The summed E-state index contributed by atoms with van der Waals surface area (Å²) in [5, 5.41) is 11.0. The lowest BCUT2D eigenvalue weighted by Crippen LogP contribution is -2.03. The second-order valence-electron chi connectivity index (χ2n) is 4.40. The number of hydrogen-bond donors (Lipinski definition) is 1. The SMILES string of the molecule is COc1ccc(C(O)c2ccc(OC)c(Cl)c2)c(OC)c1. The quantitative estimate of drug-likeness (QED) is 0.919. The molecule has 0 heterocycles. The van der Waals surface area contributed by atoms with Crippen molar-refractivity contribution < 1.29 is 19.3 Å². The Kier molecular flexibility index (Phi) is 4.94. The zero-order valence-electron chi connectivity index (χ0n) is 12.1. The molecule has 0 saturated heterocycles. The van der Waals surface area contributed by atoms with Crippen LogP contribution in [-0.2, 0) is 0 Å². The fraction of sp³-hybridized carbons (Fsp3) is 0.250. The van der Waals surface area contributed by atoms with Gasteiger partial charge in [0.1, 0.15) is 23.4 Å². The molecule has 0 saturated carbocycles. The van der Waals surface area contributed by atoms with Gasteiger partial charge in [-0.3, -0.25) is 0 Å². The number of halogens is 1. The second kappa shape index (κ2) is 6.70. The predicted molar refractivity (Wildman–Crippen MR) is 81.6 cm³/mol. The van der Waals surface area contributed by atoms with Gasteiger partial charge in [-0.15, -0.1) is 0 Å². The summed E-state index contributed by atoms with van der Waals surface area (Å²) in [7, 11) is 4.67. The molecule has 4 nitrogen and oxygen atoms in total. The summed E-state index contributed by atoms with van der Waals surface area (Å²) in [6, 6.07) is 10.4. The number of aliphatic hydroxyl groups is 1. The average Bonchev–Trinajstić information content (AvgIpc) is 2.53. The van der Waals surface area contributed by atoms with E-state index in [4.69, 9.17) is 25.8 Å². The third kappa shape index (κ3) is 3.23. The summed E-state index contributed by atoms with van der Waals surface area (Å²) in [4.78, 5) is 0. The lowest BCUT2D eigenvalue weighted by molar-refractivity contribution is 0.214. The van der Waals surface area contributed by atoms with E-state index in [0.717, 1.165) is 0 Å². The monoisotopic (exact) mass is 308 g/mol. The molecular weight excluding hydrogens is 292 g/mol. The molecule has 0 aliphatic carbocycles. The van der Waals surface area contributed by atoms with Crippen LogP contribution in [0.15, 0.2) is 36.4 Å². The third-order valence-corrected chi connectivity index (χ3v) is 3.52. The van der Waals surface area contributed by atoms with Gasteiger partial charge in [-0.2, -0.15) is 0 Å². The van der Waals surface area contributed by atoms with Crippen molar-refractivity contribution in [3.63, 3.8) is 0 Å². The van der Waals surface area contributed by atoms with Crippen molar-refractivity contribution in [2.75, 3.05) is 21.3 Å². The van der Waals surface area contributed by atoms with Gasteiger partial charge in [0.25, 0.3) is 0 Å². The summed E-state index contributed by atoms with van der Waals surface area (Å²) >= 11 is 6.10. The lowest BCUT2D eigenvalue weighted by atomic mass is 10.0. The number of rotatable bonds is 5. The normalized spacial score (nSPS) is 11.9. The van der Waals surface area contributed by atoms with E-state index in [1.807, 2.05) is 0 Å². The first-order valence-corrected chi connectivity index (χ1v) is 6.72. The Morgan fingerprint density at radius 1 is 0.905 bits per heavy atom. The molecule has 2 rings (SSSR count). The van der Waals surface area contributed by atoms with Crippen molar-refractivity contribution in [2.24, 2.45) is 0 Å². The Labute approximate surface area is 128 Å². The molecule has 0 aromatic heterocycles. The Morgan fingerprint density at radius 2 is 1.62 bits per heavy atom. The molecule has 2 aromatic carbocycles. The molecule has 2 aromatic rings. The summed E-state index contributed by atoms with van der Waals surface area (Å²) in [5.74, 6) is 1.78. The van der Waals surface area contributed by atoms with Gasteiger partial charge < -0.3 is 19.3 Å². The number of benzene rings is 2. The van der Waals surface area contributed by atoms with Crippen molar-refractivity contribution in [1.82, 2.24) is 0 Å². The minimum absolute atomic E-state index is 0.446. The summed E-state index contributed by atoms with van der Waals surface area (Å²) in [6.45, 7) is 0. The van der Waals surface area contributed by atoms with E-state index in [2.05, 4.69) is 0 Å². The number of methoxy groups -OCH3 is 3. The smallest absolute Gasteiger partial charge is 0.137 e. The van der Waals surface area contributed by atoms with Gasteiger partial charge in [0.15, 0.2) is 0 Å². The van der Waals surface area contributed by atoms with E-state index >= 15 is 0 Å². The van der Waals surface area contributed by atoms with E-state index in [0.29, 0.717) is 33.4 Å². The fourth-order valence-corrected chi connectivity index (χ4v) is 2.34. The van der Waals surface area contributed by atoms with Crippen LogP contribution < -0.4 is 14.2 Å². The molecule has 1 atom stereocenters. The molecule has 0 aliphatic rings. The van der Waals surface area contributed by atoms with Crippen molar-refractivity contribution >= 4 is 11.6 Å². The maximum Gasteiger partial charge on any atom is 0.137 e. The molecule has 0 amide bonds. The highest BCUT2D eigenvalue weighted by Gasteiger charge is 2.17. The molecule has 1 N–H and O–H groups in total. The molecular formula is C16H17ClO4. The largest absolute Gasteiger partial charge is 0.497 e. The van der Waals surface area contributed by atoms with Crippen molar-refractivity contribution in [3.8, 4) is 17.2 Å². The van der Waals surface area contributed by atoms with Crippen LogP contribution in [0.2, 0.25) is 5.02 Å². The highest BCUT2D eigenvalue weighted by molar-refractivity contribution is 6.32. The lowest BCUT2D eigenvalue weighted by Gasteiger charge is -2.17. The molecule has 0 radical (unpaired) electrons. The number of aliphatic hydroxyl groups excluding tert-OH is 1. The van der Waals surface area contributed by atoms with Gasteiger partial charge in [0.2, 0.25) is 0 Å². The van der Waals surface area contributed by atoms with Crippen molar-refractivity contribution in [3.05, 3.63) is 52.5 Å². The Bertz CT molecular complexity index is 628. The van der Waals surface area contributed by atoms with Gasteiger partial charge in [-0.25, -0.2) is 0 Å². The second-order valence-corrected chi connectivity index (χ2v) is 4.81. The van der Waals surface area contributed by atoms with E-state index in [1.165, 1.54) is 0 Å². The highest BCUT2D eigenvalue weighted by Crippen LogP contribution is 2.35. The van der Waals surface area contributed by atoms with Crippen LogP contribution >= 0.6 is 11.6 Å². The predicted octanol–water partition coefficient (Wildman–Crippen LogP) is 3.45. The zero-order chi connectivity index (χ0) is 15.4. The molecule has 112 valence electrons. The summed E-state index contributed by atoms with van der Waals surface area (Å²) in [5.41, 5.74) is 1.30. The van der Waals surface area contributed by atoms with Gasteiger partial charge in [0, 0.05) is 11.6 Å². The number of ether oxygens (including phenoxy) is 3. The van der Waals surface area contributed by atoms with Crippen molar-refractivity contribution in [2.45, 2.75) is 6.10 Å². The van der Waals surface area contributed by atoms with Crippen LogP contribution in [0, 0.1) is 0 Å². The average molecular weight is 309 g/mol. The van der Waals surface area contributed by atoms with Crippen LogP contribution in [0.4, 0.5) is 0 Å². The Balaban J connectivity index is 2.39. The van der Waals surface area contributed by atoms with E-state index < -0.39 is 6.10 Å². The molecule has 0 bridgehead atoms. The van der Waals surface area contributed by atoms with Crippen molar-refractivity contribution in [1.29, 1.82) is 0 Å². The minimum Gasteiger partial charge on any atom is -0.497 e. The molecule has 1 unspecified atom stereocenters. The first-order valence-electron chi connectivity index (χ1n) is 6.34. The van der Waals surface area contributed by atoms with Crippen LogP contribution in [-0.4, -0.2) is 26.4 Å². The highest BCUT2D eigenvalue weighted by atomic mass is 35.5. The van der Waals surface area contributed by atoms with Crippen LogP contribution in [0.5, 0.6) is 17.2 Å². The third-order valence-electron chi connectivity index (χ3n) is 3.23. The maximum atomic E-state index is 10.5. The molecule has 0 fully saturated rings. The molecule has 0 spiro atoms. The van der Waals surface area contributed by atoms with Crippen LogP contribution in [0.1, 0.15) is 17.2 Å². The number of hydrogen-bond acceptors (Lipinski definition) is 4. The zero-order valence-corrected chi connectivity index (χ0v) is 12.8.